The summed E-state index contributed by atoms with van der Waals surface area (Å²) in [5, 5.41) is 3.09. The van der Waals surface area contributed by atoms with Crippen LogP contribution < -0.4 is 10.2 Å². The molecule has 1 fully saturated rings. The Morgan fingerprint density at radius 1 is 1.04 bits per heavy atom. The van der Waals surface area contributed by atoms with Crippen LogP contribution in [0.3, 0.4) is 0 Å². The number of rotatable bonds is 5. The minimum Gasteiger partial charge on any atom is -0.341 e. The summed E-state index contributed by atoms with van der Waals surface area (Å²) in [7, 11) is 0. The fraction of sp³-hybridized carbons (Fsp3) is 0.476. The van der Waals surface area contributed by atoms with E-state index in [1.54, 1.807) is 12.3 Å². The number of hydrogen-bond donors (Lipinski definition) is 1. The molecule has 26 heavy (non-hydrogen) atoms. The summed E-state index contributed by atoms with van der Waals surface area (Å²) in [6.45, 7) is 6.13. The third-order valence-corrected chi connectivity index (χ3v) is 5.00. The van der Waals surface area contributed by atoms with Gasteiger partial charge in [0, 0.05) is 25.0 Å². The molecule has 0 spiro atoms. The first-order valence-electron chi connectivity index (χ1n) is 9.73. The maximum atomic E-state index is 12.8. The number of carbonyl (C=O) groups is 1. The Kier molecular flexibility index (Phi) is 6.21. The maximum Gasteiger partial charge on any atom is 0.274 e. The predicted octanol–water partition coefficient (Wildman–Crippen LogP) is 4.23. The van der Waals surface area contributed by atoms with Gasteiger partial charge in [0.15, 0.2) is 0 Å². The highest BCUT2D eigenvalue weighted by Gasteiger charge is 2.17. The van der Waals surface area contributed by atoms with Crippen LogP contribution in [-0.2, 0) is 12.8 Å². The van der Waals surface area contributed by atoms with Gasteiger partial charge in [0.1, 0.15) is 5.69 Å². The molecule has 1 saturated heterocycles. The number of anilines is 2. The zero-order chi connectivity index (χ0) is 18.4. The highest BCUT2D eigenvalue weighted by atomic mass is 16.1. The monoisotopic (exact) mass is 352 g/mol. The van der Waals surface area contributed by atoms with Crippen LogP contribution in [0.4, 0.5) is 11.6 Å². The van der Waals surface area contributed by atoms with Crippen molar-refractivity contribution < 1.29 is 4.79 Å². The van der Waals surface area contributed by atoms with Crippen LogP contribution in [0.2, 0.25) is 0 Å². The summed E-state index contributed by atoms with van der Waals surface area (Å²) in [6.07, 6.45) is 8.27. The molecule has 3 rings (SSSR count). The van der Waals surface area contributed by atoms with Crippen molar-refractivity contribution in [2.24, 2.45) is 0 Å². The minimum absolute atomic E-state index is 0.168. The number of aromatic nitrogens is 2. The van der Waals surface area contributed by atoms with E-state index < -0.39 is 0 Å². The van der Waals surface area contributed by atoms with Crippen LogP contribution >= 0.6 is 0 Å². The molecule has 5 nitrogen and oxygen atoms in total. The summed E-state index contributed by atoms with van der Waals surface area (Å²) in [5.41, 5.74) is 3.66. The topological polar surface area (TPSA) is 58.1 Å². The van der Waals surface area contributed by atoms with E-state index in [4.69, 9.17) is 0 Å². The highest BCUT2D eigenvalue weighted by molar-refractivity contribution is 6.03. The maximum absolute atomic E-state index is 12.8. The van der Waals surface area contributed by atoms with Gasteiger partial charge in [-0.25, -0.2) is 9.97 Å². The fourth-order valence-corrected chi connectivity index (χ4v) is 3.48. The molecule has 1 aliphatic heterocycles. The van der Waals surface area contributed by atoms with Gasteiger partial charge in [0.25, 0.3) is 5.91 Å². The van der Waals surface area contributed by atoms with E-state index in [9.17, 15) is 4.79 Å². The zero-order valence-electron chi connectivity index (χ0n) is 15.8. The number of nitrogens with zero attached hydrogens (tertiary/aromatic N) is 3. The third-order valence-electron chi connectivity index (χ3n) is 5.00. The lowest BCUT2D eigenvalue weighted by Gasteiger charge is -2.20. The van der Waals surface area contributed by atoms with E-state index in [1.807, 2.05) is 0 Å². The number of para-hydroxylation sites is 1. The van der Waals surface area contributed by atoms with Crippen LogP contribution in [0.1, 0.15) is 61.1 Å². The molecule has 0 saturated carbocycles. The lowest BCUT2D eigenvalue weighted by atomic mass is 10.0. The van der Waals surface area contributed by atoms with Gasteiger partial charge in [0.05, 0.1) is 0 Å². The summed E-state index contributed by atoms with van der Waals surface area (Å²) >= 11 is 0. The molecule has 0 unspecified atom stereocenters. The lowest BCUT2D eigenvalue weighted by molar-refractivity contribution is 0.102. The third kappa shape index (κ3) is 4.21. The van der Waals surface area contributed by atoms with Gasteiger partial charge in [-0.05, 0) is 42.9 Å². The second kappa shape index (κ2) is 8.79. The minimum atomic E-state index is -0.168. The SMILES string of the molecule is CCc1cccc(CC)c1NC(=O)c1ccnc(N2CCCCCC2)n1. The number of amides is 1. The van der Waals surface area contributed by atoms with Crippen molar-refractivity contribution in [2.75, 3.05) is 23.3 Å². The number of benzene rings is 1. The van der Waals surface area contributed by atoms with E-state index in [0.29, 0.717) is 11.6 Å². The van der Waals surface area contributed by atoms with E-state index in [0.717, 1.165) is 55.6 Å². The van der Waals surface area contributed by atoms with Crippen LogP contribution in [0.15, 0.2) is 30.5 Å². The van der Waals surface area contributed by atoms with E-state index in [-0.39, 0.29) is 5.91 Å². The largest absolute Gasteiger partial charge is 0.341 e. The van der Waals surface area contributed by atoms with Gasteiger partial charge in [0.2, 0.25) is 5.95 Å². The lowest BCUT2D eigenvalue weighted by Crippen LogP contribution is -2.27. The molecule has 138 valence electrons. The number of carbonyl (C=O) groups excluding carboxylic acids is 1. The van der Waals surface area contributed by atoms with Gasteiger partial charge in [-0.15, -0.1) is 0 Å². The quantitative estimate of drug-likeness (QED) is 0.875. The standard InChI is InChI=1S/C21H28N4O/c1-3-16-10-9-11-17(4-2)19(16)24-20(26)18-12-13-22-21(23-18)25-14-7-5-6-8-15-25/h9-13H,3-8,14-15H2,1-2H3,(H,24,26). The van der Waals surface area contributed by atoms with Crippen LogP contribution in [-0.4, -0.2) is 29.0 Å². The summed E-state index contributed by atoms with van der Waals surface area (Å²) in [6, 6.07) is 7.88. The Morgan fingerprint density at radius 3 is 2.31 bits per heavy atom. The molecule has 0 bridgehead atoms. The van der Waals surface area contributed by atoms with Crippen molar-refractivity contribution in [1.82, 2.24) is 9.97 Å². The molecule has 0 aliphatic carbocycles. The van der Waals surface area contributed by atoms with Crippen LogP contribution in [0.5, 0.6) is 0 Å². The molecule has 1 aliphatic rings. The first kappa shape index (κ1) is 18.4. The molecule has 1 N–H and O–H groups in total. The average molecular weight is 352 g/mol. The Morgan fingerprint density at radius 2 is 1.69 bits per heavy atom. The fourth-order valence-electron chi connectivity index (χ4n) is 3.48. The van der Waals surface area contributed by atoms with E-state index >= 15 is 0 Å². The Bertz CT molecular complexity index is 729. The van der Waals surface area contributed by atoms with Gasteiger partial charge in [-0.3, -0.25) is 4.79 Å². The summed E-state index contributed by atoms with van der Waals surface area (Å²) in [5.74, 6) is 0.498. The van der Waals surface area contributed by atoms with Crippen molar-refractivity contribution >= 4 is 17.5 Å². The van der Waals surface area contributed by atoms with Crippen molar-refractivity contribution in [2.45, 2.75) is 52.4 Å². The normalized spacial score (nSPS) is 14.8. The van der Waals surface area contributed by atoms with Crippen molar-refractivity contribution in [3.8, 4) is 0 Å². The zero-order valence-corrected chi connectivity index (χ0v) is 15.8. The summed E-state index contributed by atoms with van der Waals surface area (Å²) in [4.78, 5) is 24.0. The first-order valence-corrected chi connectivity index (χ1v) is 9.73. The van der Waals surface area contributed by atoms with Gasteiger partial charge in [-0.2, -0.15) is 0 Å². The molecule has 2 aromatic rings. The molecule has 2 heterocycles. The Labute approximate surface area is 155 Å². The van der Waals surface area contributed by atoms with E-state index in [2.05, 4.69) is 52.2 Å². The van der Waals surface area contributed by atoms with Crippen LogP contribution in [0.25, 0.3) is 0 Å². The van der Waals surface area contributed by atoms with E-state index in [1.165, 1.54) is 12.8 Å². The molecule has 5 heteroatoms. The van der Waals surface area contributed by atoms with Crippen LogP contribution in [0, 0.1) is 0 Å². The molecule has 0 atom stereocenters. The number of hydrogen-bond acceptors (Lipinski definition) is 4. The average Bonchev–Trinajstić information content (AvgIpc) is 2.97. The van der Waals surface area contributed by atoms with Crippen molar-refractivity contribution in [3.63, 3.8) is 0 Å². The summed E-state index contributed by atoms with van der Waals surface area (Å²) < 4.78 is 0. The molecule has 1 amide bonds. The number of aryl methyl sites for hydroxylation is 2. The molecule has 1 aromatic heterocycles. The Hall–Kier alpha value is -2.43. The van der Waals surface area contributed by atoms with Crippen molar-refractivity contribution in [3.05, 3.63) is 47.3 Å². The second-order valence-corrected chi connectivity index (χ2v) is 6.76. The first-order chi connectivity index (χ1) is 12.7. The van der Waals surface area contributed by atoms with Gasteiger partial charge >= 0.3 is 0 Å². The predicted molar refractivity (Wildman–Crippen MR) is 106 cm³/mol. The highest BCUT2D eigenvalue weighted by Crippen LogP contribution is 2.23. The molecular weight excluding hydrogens is 324 g/mol. The Balaban J connectivity index is 1.82. The smallest absolute Gasteiger partial charge is 0.274 e. The molecule has 1 aromatic carbocycles. The molecular formula is C21H28N4O. The van der Waals surface area contributed by atoms with Gasteiger partial charge < -0.3 is 10.2 Å². The second-order valence-electron chi connectivity index (χ2n) is 6.76. The number of nitrogens with one attached hydrogen (secondary N) is 1. The van der Waals surface area contributed by atoms with Gasteiger partial charge in [-0.1, -0.05) is 44.9 Å². The van der Waals surface area contributed by atoms with Crippen molar-refractivity contribution in [1.29, 1.82) is 0 Å². The molecule has 0 radical (unpaired) electrons.